The molecule has 0 aliphatic carbocycles. The van der Waals surface area contributed by atoms with Crippen molar-refractivity contribution < 1.29 is 22.7 Å². The fraction of sp³-hybridized carbons (Fsp3) is 0.118. The van der Waals surface area contributed by atoms with Gasteiger partial charge in [-0.25, -0.2) is 4.98 Å². The lowest BCUT2D eigenvalue weighted by Crippen LogP contribution is -2.18. The molecule has 0 aliphatic rings. The quantitative estimate of drug-likeness (QED) is 0.719. The van der Waals surface area contributed by atoms with Gasteiger partial charge in [0, 0.05) is 23.3 Å². The second-order valence-electron chi connectivity index (χ2n) is 5.16. The maximum absolute atomic E-state index is 12.2. The Labute approximate surface area is 150 Å². The molecule has 0 spiro atoms. The molecular formula is C17H12F3N3O2S. The maximum atomic E-state index is 12.2. The Balaban J connectivity index is 1.63. The number of nitrogens with zero attached hydrogens (tertiary/aromatic N) is 2. The number of pyridine rings is 1. The number of carbonyl (C=O) groups excluding carboxylic acids is 1. The number of benzene rings is 1. The summed E-state index contributed by atoms with van der Waals surface area (Å²) in [5, 5.41) is 4.96. The molecule has 0 bridgehead atoms. The van der Waals surface area contributed by atoms with E-state index >= 15 is 0 Å². The third kappa shape index (κ3) is 5.03. The number of halogens is 3. The van der Waals surface area contributed by atoms with Gasteiger partial charge in [-0.2, -0.15) is 0 Å². The molecule has 2 heterocycles. The van der Waals surface area contributed by atoms with E-state index < -0.39 is 18.0 Å². The highest BCUT2D eigenvalue weighted by atomic mass is 32.1. The van der Waals surface area contributed by atoms with Gasteiger partial charge in [-0.1, -0.05) is 12.1 Å². The van der Waals surface area contributed by atoms with Gasteiger partial charge >= 0.3 is 6.36 Å². The smallest absolute Gasteiger partial charge is 0.406 e. The van der Waals surface area contributed by atoms with E-state index in [-0.39, 0.29) is 12.1 Å². The lowest BCUT2D eigenvalue weighted by Gasteiger charge is -2.10. The lowest BCUT2D eigenvalue weighted by molar-refractivity contribution is -0.274. The van der Waals surface area contributed by atoms with Crippen LogP contribution in [-0.2, 0) is 11.2 Å². The Kier molecular flexibility index (Phi) is 5.17. The van der Waals surface area contributed by atoms with Gasteiger partial charge in [-0.05, 0) is 24.3 Å². The van der Waals surface area contributed by atoms with Gasteiger partial charge in [0.25, 0.3) is 0 Å². The van der Waals surface area contributed by atoms with E-state index in [1.54, 1.807) is 17.6 Å². The molecule has 0 fully saturated rings. The fourth-order valence-electron chi connectivity index (χ4n) is 2.14. The van der Waals surface area contributed by atoms with Crippen molar-refractivity contribution in [3.63, 3.8) is 0 Å². The van der Waals surface area contributed by atoms with E-state index in [0.29, 0.717) is 16.4 Å². The number of alkyl halides is 3. The summed E-state index contributed by atoms with van der Waals surface area (Å²) < 4.78 is 40.6. The van der Waals surface area contributed by atoms with Crippen LogP contribution in [0.15, 0.2) is 54.0 Å². The predicted molar refractivity (Wildman–Crippen MR) is 90.8 cm³/mol. The summed E-state index contributed by atoms with van der Waals surface area (Å²) >= 11 is 1.36. The molecule has 1 N–H and O–H groups in total. The first-order valence-electron chi connectivity index (χ1n) is 7.40. The Morgan fingerprint density at radius 3 is 2.77 bits per heavy atom. The molecule has 1 amide bonds. The van der Waals surface area contributed by atoms with Crippen molar-refractivity contribution in [2.45, 2.75) is 12.8 Å². The number of amides is 1. The molecule has 1 aromatic carbocycles. The number of aromatic nitrogens is 2. The normalized spacial score (nSPS) is 11.2. The van der Waals surface area contributed by atoms with Gasteiger partial charge in [-0.3, -0.25) is 9.78 Å². The molecule has 134 valence electrons. The second kappa shape index (κ2) is 7.52. The Morgan fingerprint density at radius 2 is 2.04 bits per heavy atom. The SMILES string of the molecule is O=C(Cc1csc(-c2ccccn2)n1)Nc1cccc(OC(F)(F)F)c1. The number of rotatable bonds is 5. The molecule has 0 atom stereocenters. The topological polar surface area (TPSA) is 64.1 Å². The Bertz CT molecular complexity index is 898. The van der Waals surface area contributed by atoms with Crippen molar-refractivity contribution in [3.8, 4) is 16.5 Å². The molecule has 0 saturated heterocycles. The Morgan fingerprint density at radius 1 is 1.19 bits per heavy atom. The van der Waals surface area contributed by atoms with Gasteiger partial charge in [0.1, 0.15) is 10.8 Å². The highest BCUT2D eigenvalue weighted by molar-refractivity contribution is 7.13. The molecule has 26 heavy (non-hydrogen) atoms. The monoisotopic (exact) mass is 379 g/mol. The lowest BCUT2D eigenvalue weighted by atomic mass is 10.2. The number of carbonyl (C=O) groups is 1. The van der Waals surface area contributed by atoms with Crippen LogP contribution in [0, 0.1) is 0 Å². The van der Waals surface area contributed by atoms with Crippen LogP contribution in [0.25, 0.3) is 10.7 Å². The van der Waals surface area contributed by atoms with Crippen molar-refractivity contribution in [3.05, 3.63) is 59.7 Å². The number of hydrogen-bond donors (Lipinski definition) is 1. The van der Waals surface area contributed by atoms with Gasteiger partial charge in [0.05, 0.1) is 17.8 Å². The standard InChI is InChI=1S/C17H12F3N3O2S/c18-17(19,20)25-13-5-3-4-11(8-13)22-15(24)9-12-10-26-16(23-12)14-6-1-2-7-21-14/h1-8,10H,9H2,(H,22,24). The van der Waals surface area contributed by atoms with Crippen LogP contribution in [0.1, 0.15) is 5.69 Å². The molecule has 3 rings (SSSR count). The zero-order chi connectivity index (χ0) is 18.6. The zero-order valence-corrected chi connectivity index (χ0v) is 14.0. The van der Waals surface area contributed by atoms with Crippen LogP contribution in [0.3, 0.4) is 0 Å². The van der Waals surface area contributed by atoms with Crippen molar-refractivity contribution in [2.75, 3.05) is 5.32 Å². The molecule has 2 aromatic heterocycles. The van der Waals surface area contributed by atoms with Crippen LogP contribution in [0.2, 0.25) is 0 Å². The van der Waals surface area contributed by atoms with Crippen LogP contribution in [0.4, 0.5) is 18.9 Å². The summed E-state index contributed by atoms with van der Waals surface area (Å²) in [5.74, 6) is -0.798. The zero-order valence-electron chi connectivity index (χ0n) is 13.2. The third-order valence-corrected chi connectivity index (χ3v) is 4.04. The van der Waals surface area contributed by atoms with E-state index in [2.05, 4.69) is 20.0 Å². The van der Waals surface area contributed by atoms with Crippen LogP contribution in [0.5, 0.6) is 5.75 Å². The summed E-state index contributed by atoms with van der Waals surface area (Å²) in [6, 6.07) is 10.5. The minimum absolute atomic E-state index is 0.00626. The highest BCUT2D eigenvalue weighted by Gasteiger charge is 2.31. The number of ether oxygens (including phenoxy) is 1. The number of nitrogens with one attached hydrogen (secondary N) is 1. The summed E-state index contributed by atoms with van der Waals surface area (Å²) in [4.78, 5) is 20.6. The first-order valence-corrected chi connectivity index (χ1v) is 8.28. The van der Waals surface area contributed by atoms with Crippen LogP contribution < -0.4 is 10.1 Å². The molecule has 3 aromatic rings. The van der Waals surface area contributed by atoms with Crippen LogP contribution in [-0.4, -0.2) is 22.2 Å². The predicted octanol–water partition coefficient (Wildman–Crippen LogP) is 4.28. The second-order valence-corrected chi connectivity index (χ2v) is 6.02. The van der Waals surface area contributed by atoms with Crippen molar-refractivity contribution in [1.82, 2.24) is 9.97 Å². The molecule has 0 radical (unpaired) electrons. The van der Waals surface area contributed by atoms with E-state index in [1.165, 1.54) is 23.5 Å². The minimum atomic E-state index is -4.79. The summed E-state index contributed by atoms with van der Waals surface area (Å²) in [6.07, 6.45) is -3.14. The fourth-order valence-corrected chi connectivity index (χ4v) is 2.93. The van der Waals surface area contributed by atoms with E-state index in [4.69, 9.17) is 0 Å². The minimum Gasteiger partial charge on any atom is -0.406 e. The first kappa shape index (κ1) is 17.9. The third-order valence-electron chi connectivity index (χ3n) is 3.13. The summed E-state index contributed by atoms with van der Waals surface area (Å²) in [7, 11) is 0. The summed E-state index contributed by atoms with van der Waals surface area (Å²) in [6.45, 7) is 0. The average molecular weight is 379 g/mol. The van der Waals surface area contributed by atoms with E-state index in [9.17, 15) is 18.0 Å². The number of thiazole rings is 1. The molecule has 5 nitrogen and oxygen atoms in total. The van der Waals surface area contributed by atoms with Gasteiger partial charge in [0.2, 0.25) is 5.91 Å². The molecule has 0 saturated carbocycles. The van der Waals surface area contributed by atoms with E-state index in [0.717, 1.165) is 12.1 Å². The largest absolute Gasteiger partial charge is 0.573 e. The number of hydrogen-bond acceptors (Lipinski definition) is 5. The number of anilines is 1. The van der Waals surface area contributed by atoms with Crippen molar-refractivity contribution in [1.29, 1.82) is 0 Å². The molecule has 9 heteroatoms. The Hall–Kier alpha value is -2.94. The maximum Gasteiger partial charge on any atom is 0.573 e. The van der Waals surface area contributed by atoms with Crippen molar-refractivity contribution in [2.24, 2.45) is 0 Å². The molecule has 0 aliphatic heterocycles. The molecule has 0 unspecified atom stereocenters. The highest BCUT2D eigenvalue weighted by Crippen LogP contribution is 2.25. The summed E-state index contributed by atoms with van der Waals surface area (Å²) in [5.41, 5.74) is 1.47. The van der Waals surface area contributed by atoms with Crippen LogP contribution >= 0.6 is 11.3 Å². The van der Waals surface area contributed by atoms with Gasteiger partial charge in [-0.15, -0.1) is 24.5 Å². The molecular weight excluding hydrogens is 367 g/mol. The van der Waals surface area contributed by atoms with Gasteiger partial charge in [0.15, 0.2) is 0 Å². The van der Waals surface area contributed by atoms with E-state index in [1.807, 2.05) is 12.1 Å². The first-order chi connectivity index (χ1) is 12.4. The van der Waals surface area contributed by atoms with Crippen molar-refractivity contribution >= 4 is 22.9 Å². The average Bonchev–Trinajstić information content (AvgIpc) is 3.02. The van der Waals surface area contributed by atoms with Gasteiger partial charge < -0.3 is 10.1 Å².